The molecule has 0 saturated heterocycles. The van der Waals surface area contributed by atoms with Gasteiger partial charge in [-0.1, -0.05) is 31.5 Å². The van der Waals surface area contributed by atoms with Gasteiger partial charge in [-0.3, -0.25) is 4.99 Å². The van der Waals surface area contributed by atoms with Crippen LogP contribution in [0.25, 0.3) is 5.69 Å². The van der Waals surface area contributed by atoms with Crippen LogP contribution in [-0.2, 0) is 11.2 Å². The average Bonchev–Trinajstić information content (AvgIpc) is 3.11. The molecule has 0 saturated carbocycles. The number of ether oxygens (including phenoxy) is 1. The van der Waals surface area contributed by atoms with E-state index >= 15 is 0 Å². The zero-order chi connectivity index (χ0) is 22.3. The predicted octanol–water partition coefficient (Wildman–Crippen LogP) is 3.64. The highest BCUT2D eigenvalue weighted by atomic mass is 127. The van der Waals surface area contributed by atoms with Crippen molar-refractivity contribution in [1.29, 1.82) is 5.26 Å². The maximum Gasteiger partial charge on any atom is 0.191 e. The van der Waals surface area contributed by atoms with Gasteiger partial charge in [-0.05, 0) is 44.7 Å². The molecule has 0 aliphatic heterocycles. The van der Waals surface area contributed by atoms with Crippen molar-refractivity contribution in [3.05, 3.63) is 41.6 Å². The summed E-state index contributed by atoms with van der Waals surface area (Å²) in [7, 11) is 0. The van der Waals surface area contributed by atoms with E-state index in [-0.39, 0.29) is 24.0 Å². The third-order valence-electron chi connectivity index (χ3n) is 4.69. The molecule has 0 unspecified atom stereocenters. The topological polar surface area (TPSA) is 113 Å². The van der Waals surface area contributed by atoms with Crippen LogP contribution >= 0.6 is 24.0 Å². The molecule has 1 heterocycles. The minimum atomic E-state index is 0. The van der Waals surface area contributed by atoms with Gasteiger partial charge in [0.25, 0.3) is 0 Å². The number of aromatic nitrogens is 2. The molecule has 1 aromatic carbocycles. The summed E-state index contributed by atoms with van der Waals surface area (Å²) in [5, 5.41) is 20.7. The van der Waals surface area contributed by atoms with E-state index in [1.165, 1.54) is 0 Å². The molecular formula is C23H36IN7O. The van der Waals surface area contributed by atoms with Crippen molar-refractivity contribution in [3.8, 4) is 11.8 Å². The highest BCUT2D eigenvalue weighted by Gasteiger charge is 2.16. The molecule has 4 N–H and O–H groups in total. The van der Waals surface area contributed by atoms with Crippen LogP contribution in [0.1, 0.15) is 50.8 Å². The van der Waals surface area contributed by atoms with E-state index in [0.29, 0.717) is 30.0 Å². The third-order valence-corrected chi connectivity index (χ3v) is 4.69. The Kier molecular flexibility index (Phi) is 14.1. The largest absolute Gasteiger partial charge is 0.382 e. The zero-order valence-corrected chi connectivity index (χ0v) is 21.5. The molecule has 32 heavy (non-hydrogen) atoms. The number of hydrogen-bond donors (Lipinski definition) is 3. The number of rotatable bonds is 13. The van der Waals surface area contributed by atoms with Crippen LogP contribution in [0.15, 0.2) is 35.3 Å². The molecular weight excluding hydrogens is 517 g/mol. The first-order chi connectivity index (χ1) is 15.2. The second-order valence-electron chi connectivity index (χ2n) is 7.18. The molecule has 0 aliphatic rings. The minimum Gasteiger partial charge on any atom is -0.382 e. The Hall–Kier alpha value is -2.32. The van der Waals surface area contributed by atoms with Gasteiger partial charge in [0, 0.05) is 32.8 Å². The molecule has 0 atom stereocenters. The Bertz CT molecular complexity index is 846. The fourth-order valence-corrected chi connectivity index (χ4v) is 3.05. The average molecular weight is 553 g/mol. The van der Waals surface area contributed by atoms with Crippen molar-refractivity contribution in [1.82, 2.24) is 20.4 Å². The summed E-state index contributed by atoms with van der Waals surface area (Å²) in [5.74, 6) is 1.18. The number of nitriles is 1. The second kappa shape index (κ2) is 16.3. The lowest BCUT2D eigenvalue weighted by Crippen LogP contribution is -2.38. The van der Waals surface area contributed by atoms with Crippen LogP contribution in [0.2, 0.25) is 0 Å². The number of nitrogens with one attached hydrogen (secondary N) is 2. The number of para-hydroxylation sites is 1. The van der Waals surface area contributed by atoms with Crippen molar-refractivity contribution >= 4 is 35.8 Å². The molecule has 0 fully saturated rings. The Morgan fingerprint density at radius 3 is 2.59 bits per heavy atom. The normalized spacial score (nSPS) is 11.0. The number of halogens is 1. The highest BCUT2D eigenvalue weighted by molar-refractivity contribution is 14.0. The van der Waals surface area contributed by atoms with E-state index in [1.54, 1.807) is 4.68 Å². The van der Waals surface area contributed by atoms with E-state index in [2.05, 4.69) is 33.7 Å². The Morgan fingerprint density at radius 2 is 1.91 bits per heavy atom. The van der Waals surface area contributed by atoms with E-state index in [0.717, 1.165) is 63.6 Å². The number of nitrogen functional groups attached to an aromatic ring is 1. The minimum absolute atomic E-state index is 0. The van der Waals surface area contributed by atoms with Gasteiger partial charge in [-0.2, -0.15) is 10.4 Å². The van der Waals surface area contributed by atoms with Crippen molar-refractivity contribution in [2.75, 3.05) is 38.6 Å². The fourth-order valence-electron chi connectivity index (χ4n) is 3.05. The number of nitrogens with zero attached hydrogens (tertiary/aromatic N) is 4. The number of unbranched alkanes of at least 4 members (excludes halogenated alkanes) is 1. The summed E-state index contributed by atoms with van der Waals surface area (Å²) in [4.78, 5) is 4.62. The van der Waals surface area contributed by atoms with Crippen LogP contribution in [0.4, 0.5) is 5.82 Å². The predicted molar refractivity (Wildman–Crippen MR) is 141 cm³/mol. The Morgan fingerprint density at radius 1 is 1.16 bits per heavy atom. The first kappa shape index (κ1) is 27.7. The molecule has 2 rings (SSSR count). The van der Waals surface area contributed by atoms with E-state index in [9.17, 15) is 5.26 Å². The van der Waals surface area contributed by atoms with E-state index in [4.69, 9.17) is 10.5 Å². The van der Waals surface area contributed by atoms with Gasteiger partial charge in [0.2, 0.25) is 0 Å². The monoisotopic (exact) mass is 553 g/mol. The summed E-state index contributed by atoms with van der Waals surface area (Å²) < 4.78 is 7.21. The summed E-state index contributed by atoms with van der Waals surface area (Å²) in [6, 6.07) is 11.8. The second-order valence-corrected chi connectivity index (χ2v) is 7.18. The van der Waals surface area contributed by atoms with Gasteiger partial charge >= 0.3 is 0 Å². The van der Waals surface area contributed by atoms with Gasteiger partial charge in [0.05, 0.1) is 11.4 Å². The third kappa shape index (κ3) is 9.04. The van der Waals surface area contributed by atoms with Crippen molar-refractivity contribution in [2.45, 2.75) is 46.0 Å². The van der Waals surface area contributed by atoms with E-state index in [1.807, 2.05) is 37.3 Å². The lowest BCUT2D eigenvalue weighted by atomic mass is 10.1. The van der Waals surface area contributed by atoms with Gasteiger partial charge in [-0.15, -0.1) is 24.0 Å². The van der Waals surface area contributed by atoms with Crippen LogP contribution < -0.4 is 16.4 Å². The number of anilines is 1. The maximum atomic E-state index is 9.52. The Balaban J connectivity index is 0.00000512. The smallest absolute Gasteiger partial charge is 0.191 e. The molecule has 0 radical (unpaired) electrons. The molecule has 0 aliphatic carbocycles. The molecule has 2 aromatic rings. The summed E-state index contributed by atoms with van der Waals surface area (Å²) in [6.45, 7) is 8.04. The number of nitrogens with two attached hydrogens (primary N) is 1. The lowest BCUT2D eigenvalue weighted by molar-refractivity contribution is 0.129. The molecule has 0 spiro atoms. The van der Waals surface area contributed by atoms with Gasteiger partial charge in [-0.25, -0.2) is 4.68 Å². The summed E-state index contributed by atoms with van der Waals surface area (Å²) >= 11 is 0. The van der Waals surface area contributed by atoms with Gasteiger partial charge in [0.1, 0.15) is 17.5 Å². The number of guanidine groups is 1. The number of aryl methyl sites for hydroxylation is 1. The quantitative estimate of drug-likeness (QED) is 0.151. The van der Waals surface area contributed by atoms with Crippen molar-refractivity contribution in [3.63, 3.8) is 0 Å². The van der Waals surface area contributed by atoms with Crippen LogP contribution in [0.3, 0.4) is 0 Å². The maximum absolute atomic E-state index is 9.52. The van der Waals surface area contributed by atoms with Crippen LogP contribution in [0, 0.1) is 11.3 Å². The summed E-state index contributed by atoms with van der Waals surface area (Å²) in [6.07, 6.45) is 4.62. The molecule has 1 aromatic heterocycles. The number of hydrogen-bond acceptors (Lipinski definition) is 5. The van der Waals surface area contributed by atoms with Gasteiger partial charge in [0.15, 0.2) is 5.96 Å². The Labute approximate surface area is 208 Å². The first-order valence-corrected chi connectivity index (χ1v) is 11.1. The SMILES string of the molecule is CCCCOCCCNC(=NCCCc1nn(-c2ccccc2)c(N)c1C#N)NCC.I. The van der Waals surface area contributed by atoms with Crippen LogP contribution in [0.5, 0.6) is 0 Å². The fraction of sp³-hybridized carbons (Fsp3) is 0.522. The standard InChI is InChI=1S/C23H35N7O.HI/c1-3-5-16-31-17-10-15-28-23(26-4-2)27-14-9-13-21-20(18-24)22(25)30(29-21)19-11-7-6-8-12-19;/h6-8,11-12H,3-5,9-10,13-17,25H2,1-2H3,(H2,26,27,28);1H. The van der Waals surface area contributed by atoms with E-state index < -0.39 is 0 Å². The molecule has 0 amide bonds. The van der Waals surface area contributed by atoms with Crippen molar-refractivity contribution < 1.29 is 4.74 Å². The number of benzene rings is 1. The van der Waals surface area contributed by atoms with Gasteiger partial charge < -0.3 is 21.1 Å². The molecule has 9 heteroatoms. The summed E-state index contributed by atoms with van der Waals surface area (Å²) in [5.41, 5.74) is 8.17. The van der Waals surface area contributed by atoms with Crippen molar-refractivity contribution in [2.24, 2.45) is 4.99 Å². The first-order valence-electron chi connectivity index (χ1n) is 11.1. The zero-order valence-electron chi connectivity index (χ0n) is 19.1. The molecule has 8 nitrogen and oxygen atoms in total. The number of aliphatic imine (C=N–C) groups is 1. The lowest BCUT2D eigenvalue weighted by Gasteiger charge is -2.11. The van der Waals surface area contributed by atoms with Crippen LogP contribution in [-0.4, -0.2) is 48.6 Å². The molecule has 176 valence electrons. The highest BCUT2D eigenvalue weighted by Crippen LogP contribution is 2.21. The molecule has 0 bridgehead atoms.